The van der Waals surface area contributed by atoms with Gasteiger partial charge in [0, 0.05) is 24.3 Å². The van der Waals surface area contributed by atoms with Crippen LogP contribution in [0.2, 0.25) is 0 Å². The van der Waals surface area contributed by atoms with E-state index in [1.807, 2.05) is 24.8 Å². The van der Waals surface area contributed by atoms with Gasteiger partial charge in [-0.1, -0.05) is 27.7 Å². The van der Waals surface area contributed by atoms with Crippen molar-refractivity contribution in [3.63, 3.8) is 0 Å². The zero-order valence-electron chi connectivity index (χ0n) is 12.4. The highest BCUT2D eigenvalue weighted by Crippen LogP contribution is 2.17. The number of rotatable bonds is 6. The van der Waals surface area contributed by atoms with Gasteiger partial charge in [0.2, 0.25) is 0 Å². The molecule has 0 aliphatic carbocycles. The second kappa shape index (κ2) is 7.12. The number of pyridine rings is 1. The second-order valence-corrected chi connectivity index (χ2v) is 5.15. The largest absolute Gasteiger partial charge is 0.384 e. The molecule has 19 heavy (non-hydrogen) atoms. The molecule has 0 atom stereocenters. The van der Waals surface area contributed by atoms with Crippen LogP contribution in [0, 0.1) is 0 Å². The van der Waals surface area contributed by atoms with Crippen LogP contribution < -0.4 is 5.73 Å². The number of hydrogen-bond acceptors (Lipinski definition) is 3. The Morgan fingerprint density at radius 1 is 1.26 bits per heavy atom. The third-order valence-electron chi connectivity index (χ3n) is 2.98. The van der Waals surface area contributed by atoms with Crippen molar-refractivity contribution in [2.45, 2.75) is 46.5 Å². The van der Waals surface area contributed by atoms with Gasteiger partial charge in [0.15, 0.2) is 0 Å². The maximum Gasteiger partial charge on any atom is 0.254 e. The number of amides is 1. The molecule has 1 aromatic rings. The van der Waals surface area contributed by atoms with Crippen molar-refractivity contribution in [2.24, 2.45) is 0 Å². The Morgan fingerprint density at radius 2 is 1.84 bits per heavy atom. The van der Waals surface area contributed by atoms with E-state index in [0.717, 1.165) is 31.6 Å². The minimum absolute atomic E-state index is 0.0553. The molecule has 0 radical (unpaired) electrons. The van der Waals surface area contributed by atoms with Gasteiger partial charge in [-0.3, -0.25) is 4.79 Å². The van der Waals surface area contributed by atoms with Crippen molar-refractivity contribution in [2.75, 3.05) is 18.8 Å². The summed E-state index contributed by atoms with van der Waals surface area (Å²) in [6.45, 7) is 9.82. The van der Waals surface area contributed by atoms with Crippen molar-refractivity contribution in [1.29, 1.82) is 0 Å². The summed E-state index contributed by atoms with van der Waals surface area (Å²) in [5.74, 6) is 0.739. The van der Waals surface area contributed by atoms with Crippen molar-refractivity contribution in [3.8, 4) is 0 Å². The Kier molecular flexibility index (Phi) is 5.80. The molecule has 0 aromatic carbocycles. The van der Waals surface area contributed by atoms with E-state index in [9.17, 15) is 4.79 Å². The fraction of sp³-hybridized carbons (Fsp3) is 0.600. The van der Waals surface area contributed by atoms with E-state index in [2.05, 4.69) is 18.8 Å². The average Bonchev–Trinajstić information content (AvgIpc) is 2.37. The first-order valence-corrected chi connectivity index (χ1v) is 7.06. The summed E-state index contributed by atoms with van der Waals surface area (Å²) < 4.78 is 0. The van der Waals surface area contributed by atoms with Gasteiger partial charge in [0.1, 0.15) is 5.82 Å². The Balaban J connectivity index is 3.02. The molecule has 2 N–H and O–H groups in total. The first-order valence-electron chi connectivity index (χ1n) is 7.06. The van der Waals surface area contributed by atoms with E-state index in [1.54, 1.807) is 6.07 Å². The first-order chi connectivity index (χ1) is 8.99. The van der Waals surface area contributed by atoms with Gasteiger partial charge in [-0.25, -0.2) is 4.98 Å². The number of nitrogens with two attached hydrogens (primary N) is 1. The van der Waals surface area contributed by atoms with Crippen LogP contribution in [0.5, 0.6) is 0 Å². The quantitative estimate of drug-likeness (QED) is 0.858. The van der Waals surface area contributed by atoms with Gasteiger partial charge in [-0.2, -0.15) is 0 Å². The lowest BCUT2D eigenvalue weighted by Gasteiger charge is -2.22. The molecule has 0 saturated heterocycles. The molecule has 1 amide bonds. The number of nitrogen functional groups attached to an aromatic ring is 1. The molecule has 0 fully saturated rings. The van der Waals surface area contributed by atoms with E-state index >= 15 is 0 Å². The molecule has 0 aliphatic rings. The van der Waals surface area contributed by atoms with Crippen LogP contribution >= 0.6 is 0 Å². The van der Waals surface area contributed by atoms with Gasteiger partial charge < -0.3 is 10.6 Å². The van der Waals surface area contributed by atoms with E-state index in [4.69, 9.17) is 5.73 Å². The number of nitrogens with zero attached hydrogens (tertiary/aromatic N) is 2. The Morgan fingerprint density at radius 3 is 2.32 bits per heavy atom. The van der Waals surface area contributed by atoms with E-state index in [-0.39, 0.29) is 11.8 Å². The highest BCUT2D eigenvalue weighted by molar-refractivity contribution is 5.95. The van der Waals surface area contributed by atoms with Crippen molar-refractivity contribution in [1.82, 2.24) is 9.88 Å². The monoisotopic (exact) mass is 263 g/mol. The second-order valence-electron chi connectivity index (χ2n) is 5.15. The Labute approximate surface area is 116 Å². The van der Waals surface area contributed by atoms with Crippen molar-refractivity contribution >= 4 is 11.7 Å². The molecule has 0 unspecified atom stereocenters. The molecule has 4 heteroatoms. The predicted octanol–water partition coefficient (Wildman–Crippen LogP) is 3.05. The molecule has 0 aliphatic heterocycles. The normalized spacial score (nSPS) is 10.8. The summed E-state index contributed by atoms with van der Waals surface area (Å²) in [6.07, 6.45) is 1.92. The molecule has 0 spiro atoms. The van der Waals surface area contributed by atoms with Gasteiger partial charge in [-0.15, -0.1) is 0 Å². The minimum atomic E-state index is 0.0553. The third-order valence-corrected chi connectivity index (χ3v) is 2.98. The third kappa shape index (κ3) is 4.23. The lowest BCUT2D eigenvalue weighted by molar-refractivity contribution is 0.0755. The van der Waals surface area contributed by atoms with Crippen LogP contribution in [0.15, 0.2) is 12.1 Å². The number of carbonyl (C=O) groups is 1. The van der Waals surface area contributed by atoms with Gasteiger partial charge in [-0.05, 0) is 30.9 Å². The maximum atomic E-state index is 12.5. The van der Waals surface area contributed by atoms with Crippen LogP contribution in [0.25, 0.3) is 0 Å². The SMILES string of the molecule is CCCN(CCC)C(=O)c1cc(N)nc(C(C)C)c1. The summed E-state index contributed by atoms with van der Waals surface area (Å²) in [5.41, 5.74) is 7.32. The molecule has 4 nitrogen and oxygen atoms in total. The molecule has 106 valence electrons. The summed E-state index contributed by atoms with van der Waals surface area (Å²) >= 11 is 0. The van der Waals surface area contributed by atoms with Crippen LogP contribution in [0.1, 0.15) is 62.5 Å². The molecule has 0 saturated carbocycles. The number of hydrogen-bond donors (Lipinski definition) is 1. The van der Waals surface area contributed by atoms with Crippen LogP contribution in [0.3, 0.4) is 0 Å². The summed E-state index contributed by atoms with van der Waals surface area (Å²) in [7, 11) is 0. The zero-order chi connectivity index (χ0) is 14.4. The fourth-order valence-corrected chi connectivity index (χ4v) is 2.03. The molecule has 0 bridgehead atoms. The van der Waals surface area contributed by atoms with Crippen molar-refractivity contribution < 1.29 is 4.79 Å². The van der Waals surface area contributed by atoms with Gasteiger partial charge in [0.25, 0.3) is 5.91 Å². The molecular formula is C15H25N3O. The number of carbonyl (C=O) groups excluding carboxylic acids is 1. The van der Waals surface area contributed by atoms with Crippen LogP contribution in [0.4, 0.5) is 5.82 Å². The van der Waals surface area contributed by atoms with Gasteiger partial charge in [0.05, 0.1) is 0 Å². The molecule has 1 aromatic heterocycles. The summed E-state index contributed by atoms with van der Waals surface area (Å²) in [5, 5.41) is 0. The minimum Gasteiger partial charge on any atom is -0.384 e. The zero-order valence-corrected chi connectivity index (χ0v) is 12.4. The Hall–Kier alpha value is -1.58. The summed E-state index contributed by atoms with van der Waals surface area (Å²) in [4.78, 5) is 18.7. The lowest BCUT2D eigenvalue weighted by atomic mass is 10.1. The fourth-order valence-electron chi connectivity index (χ4n) is 2.03. The number of anilines is 1. The predicted molar refractivity (Wildman–Crippen MR) is 79.2 cm³/mol. The maximum absolute atomic E-state index is 12.5. The standard InChI is InChI=1S/C15H25N3O/c1-5-7-18(8-6-2)15(19)12-9-13(11(3)4)17-14(16)10-12/h9-11H,5-8H2,1-4H3,(H2,16,17). The first kappa shape index (κ1) is 15.5. The highest BCUT2D eigenvalue weighted by Gasteiger charge is 2.16. The van der Waals surface area contributed by atoms with E-state index < -0.39 is 0 Å². The van der Waals surface area contributed by atoms with E-state index in [0.29, 0.717) is 11.4 Å². The Bertz CT molecular complexity index is 423. The number of aromatic nitrogens is 1. The van der Waals surface area contributed by atoms with Crippen molar-refractivity contribution in [3.05, 3.63) is 23.4 Å². The summed E-state index contributed by atoms with van der Waals surface area (Å²) in [6, 6.07) is 3.54. The topological polar surface area (TPSA) is 59.2 Å². The van der Waals surface area contributed by atoms with Crippen LogP contribution in [-0.2, 0) is 0 Å². The van der Waals surface area contributed by atoms with Gasteiger partial charge >= 0.3 is 0 Å². The molecular weight excluding hydrogens is 238 g/mol. The molecule has 1 heterocycles. The highest BCUT2D eigenvalue weighted by atomic mass is 16.2. The van der Waals surface area contributed by atoms with E-state index in [1.165, 1.54) is 0 Å². The molecule has 1 rings (SSSR count). The average molecular weight is 263 g/mol. The smallest absolute Gasteiger partial charge is 0.254 e. The lowest BCUT2D eigenvalue weighted by Crippen LogP contribution is -2.32. The van der Waals surface area contributed by atoms with Crippen LogP contribution in [-0.4, -0.2) is 28.9 Å².